The zero-order chi connectivity index (χ0) is 43.7. The van der Waals surface area contributed by atoms with Gasteiger partial charge in [-0.2, -0.15) is 0 Å². The third-order valence-corrected chi connectivity index (χ3v) is 12.4. The van der Waals surface area contributed by atoms with E-state index in [1.807, 2.05) is 19.1 Å². The molecule has 61 heavy (non-hydrogen) atoms. The van der Waals surface area contributed by atoms with E-state index in [0.717, 1.165) is 61.8 Å². The number of fused-ring (bicyclic) bond motifs is 2. The number of allylic oxidation sites excluding steroid dienone is 1. The zero-order valence-electron chi connectivity index (χ0n) is 37.5. The Kier molecular flexibility index (Phi) is 23.3. The van der Waals surface area contributed by atoms with Crippen molar-refractivity contribution >= 4 is 11.8 Å². The molecule has 0 bridgehead atoms. The van der Waals surface area contributed by atoms with Gasteiger partial charge >= 0.3 is 6.09 Å². The number of carbonyl (C=O) groups excluding carboxylic acids is 1. The molecule has 3 N–H and O–H groups in total. The first-order valence-electron chi connectivity index (χ1n) is 23.5. The molecule has 6 atom stereocenters. The van der Waals surface area contributed by atoms with Gasteiger partial charge in [0.1, 0.15) is 30.8 Å². The quantitative estimate of drug-likeness (QED) is 0.0355. The highest BCUT2D eigenvalue weighted by molar-refractivity contribution is 6.03. The van der Waals surface area contributed by atoms with Crippen molar-refractivity contribution in [3.05, 3.63) is 60.7 Å². The average Bonchev–Trinajstić information content (AvgIpc) is 3.27. The summed E-state index contributed by atoms with van der Waals surface area (Å²) in [6.07, 6.45) is 21.9. The van der Waals surface area contributed by atoms with E-state index >= 15 is 0 Å². The van der Waals surface area contributed by atoms with Crippen molar-refractivity contribution in [1.82, 2.24) is 4.90 Å². The molecule has 12 nitrogen and oxygen atoms in total. The third kappa shape index (κ3) is 14.3. The van der Waals surface area contributed by atoms with Gasteiger partial charge in [0.15, 0.2) is 0 Å². The predicted octanol–water partition coefficient (Wildman–Crippen LogP) is 9.27. The number of hydrogen-bond donors (Lipinski definition) is 3. The first-order chi connectivity index (χ1) is 29.9. The first-order valence-corrected chi connectivity index (χ1v) is 23.5. The number of benzene rings is 1. The van der Waals surface area contributed by atoms with Crippen LogP contribution in [0.25, 0.3) is 0 Å². The summed E-state index contributed by atoms with van der Waals surface area (Å²) in [6.45, 7) is 13.7. The summed E-state index contributed by atoms with van der Waals surface area (Å²) in [4.78, 5) is 22.1. The minimum Gasteiger partial charge on any atom is -0.490 e. The van der Waals surface area contributed by atoms with Gasteiger partial charge in [0.05, 0.1) is 44.7 Å². The van der Waals surface area contributed by atoms with Crippen LogP contribution in [-0.2, 0) is 19.0 Å². The normalized spacial score (nSPS) is 23.3. The number of oxime groups is 1. The maximum atomic E-state index is 14.6. The molecule has 0 saturated heterocycles. The van der Waals surface area contributed by atoms with Crippen LogP contribution < -0.4 is 9.47 Å². The van der Waals surface area contributed by atoms with Gasteiger partial charge in [0.25, 0.3) is 0 Å². The van der Waals surface area contributed by atoms with Gasteiger partial charge in [-0.3, -0.25) is 4.90 Å². The van der Waals surface area contributed by atoms with E-state index in [9.17, 15) is 20.1 Å². The summed E-state index contributed by atoms with van der Waals surface area (Å²) in [5.41, 5.74) is 2.66. The molecule has 1 aromatic carbocycles. The SMILES string of the molecule is C=CCOc1ccc2c(c1)C1C(CCCCO)C(CCCCO)C=C3C(=NOCC)CC(N(CCOCCO)C(=O)OCCCCCCCCCCCC)C(OCC=C)(O2)C31. The average molecular weight is 855 g/mol. The molecular formula is C49H78N2O10. The standard InChI is InChI=1S/C49H78N2O10/c1-5-9-10-11-12-13-14-15-16-21-32-58-48(55)51(26-33-56-34-29-54)45-37-43(50-60-8-4)41-35-38(22-17-19-27-52)40(23-18-20-28-53)46-42-36-39(57-30-6-2)24-25-44(42)61-49(45,47(41)46)59-31-7-3/h6-7,24-25,35-36,38,40,45-47,52-54H,2-3,5,8-23,26-34,37H2,1,4H3. The molecule has 2 aliphatic carbocycles. The fourth-order valence-electron chi connectivity index (χ4n) is 9.57. The summed E-state index contributed by atoms with van der Waals surface area (Å²) >= 11 is 0. The lowest BCUT2D eigenvalue weighted by Gasteiger charge is -2.59. The van der Waals surface area contributed by atoms with E-state index in [1.165, 1.54) is 44.9 Å². The number of aliphatic hydroxyl groups excluding tert-OH is 3. The fraction of sp³-hybridized carbons (Fsp3) is 0.714. The number of nitrogens with zero attached hydrogens (tertiary/aromatic N) is 2. The van der Waals surface area contributed by atoms with Crippen LogP contribution in [0.4, 0.5) is 4.79 Å². The highest BCUT2D eigenvalue weighted by Crippen LogP contribution is 2.62. The van der Waals surface area contributed by atoms with Crippen molar-refractivity contribution in [3.63, 3.8) is 0 Å². The topological polar surface area (TPSA) is 149 Å². The zero-order valence-corrected chi connectivity index (χ0v) is 37.5. The van der Waals surface area contributed by atoms with E-state index in [0.29, 0.717) is 37.6 Å². The molecule has 344 valence electrons. The Bertz CT molecular complexity index is 1500. The molecule has 1 saturated carbocycles. The maximum Gasteiger partial charge on any atom is 0.410 e. The summed E-state index contributed by atoms with van der Waals surface area (Å²) in [5.74, 6) is -0.508. The smallest absolute Gasteiger partial charge is 0.410 e. The van der Waals surface area contributed by atoms with Crippen LogP contribution in [-0.4, -0.2) is 110 Å². The summed E-state index contributed by atoms with van der Waals surface area (Å²) in [5, 5.41) is 34.1. The van der Waals surface area contributed by atoms with Gasteiger partial charge in [-0.15, -0.1) is 6.58 Å². The molecule has 0 spiro atoms. The van der Waals surface area contributed by atoms with E-state index in [1.54, 1.807) is 17.1 Å². The number of amides is 1. The van der Waals surface area contributed by atoms with Gasteiger partial charge in [-0.25, -0.2) is 4.79 Å². The van der Waals surface area contributed by atoms with Crippen molar-refractivity contribution < 1.29 is 48.6 Å². The van der Waals surface area contributed by atoms with Crippen LogP contribution >= 0.6 is 0 Å². The third-order valence-electron chi connectivity index (χ3n) is 12.4. The summed E-state index contributed by atoms with van der Waals surface area (Å²) in [7, 11) is 0. The lowest BCUT2D eigenvalue weighted by molar-refractivity contribution is -0.256. The van der Waals surface area contributed by atoms with Gasteiger partial charge in [0, 0.05) is 37.7 Å². The number of ether oxygens (including phenoxy) is 5. The van der Waals surface area contributed by atoms with Crippen molar-refractivity contribution in [3.8, 4) is 11.5 Å². The van der Waals surface area contributed by atoms with Crippen LogP contribution in [0.1, 0.15) is 134 Å². The van der Waals surface area contributed by atoms with E-state index in [-0.39, 0.29) is 77.0 Å². The summed E-state index contributed by atoms with van der Waals surface area (Å²) in [6, 6.07) is 5.16. The highest BCUT2D eigenvalue weighted by atomic mass is 16.7. The minimum absolute atomic E-state index is 0.0831. The second-order valence-corrected chi connectivity index (χ2v) is 16.6. The van der Waals surface area contributed by atoms with Crippen LogP contribution in [0.5, 0.6) is 11.5 Å². The number of rotatable bonds is 33. The van der Waals surface area contributed by atoms with Crippen LogP contribution in [0, 0.1) is 17.8 Å². The largest absolute Gasteiger partial charge is 0.490 e. The molecule has 4 rings (SSSR count). The maximum absolute atomic E-state index is 14.6. The van der Waals surface area contributed by atoms with Crippen LogP contribution in [0.2, 0.25) is 0 Å². The first kappa shape index (κ1) is 50.2. The number of hydrogen-bond acceptors (Lipinski definition) is 11. The van der Waals surface area contributed by atoms with Gasteiger partial charge in [-0.05, 0) is 74.6 Å². The minimum atomic E-state index is -1.41. The Morgan fingerprint density at radius 1 is 0.869 bits per heavy atom. The molecule has 6 unspecified atom stereocenters. The van der Waals surface area contributed by atoms with Gasteiger partial charge in [0.2, 0.25) is 5.79 Å². The van der Waals surface area contributed by atoms with Crippen molar-refractivity contribution in [2.45, 2.75) is 141 Å². The van der Waals surface area contributed by atoms with Crippen molar-refractivity contribution in [2.75, 3.05) is 66.0 Å². The Balaban J connectivity index is 1.80. The fourth-order valence-corrected chi connectivity index (χ4v) is 9.57. The Morgan fingerprint density at radius 2 is 1.57 bits per heavy atom. The Morgan fingerprint density at radius 3 is 2.25 bits per heavy atom. The highest BCUT2D eigenvalue weighted by Gasteiger charge is 2.65. The Hall–Kier alpha value is -3.42. The molecule has 1 fully saturated rings. The van der Waals surface area contributed by atoms with E-state index in [2.05, 4.69) is 32.2 Å². The van der Waals surface area contributed by atoms with Crippen LogP contribution in [0.15, 0.2) is 60.3 Å². The van der Waals surface area contributed by atoms with Crippen molar-refractivity contribution in [2.24, 2.45) is 22.9 Å². The molecule has 0 aromatic heterocycles. The molecular weight excluding hydrogens is 777 g/mol. The molecule has 1 amide bonds. The number of unbranched alkanes of at least 4 members (excludes halogenated alkanes) is 11. The van der Waals surface area contributed by atoms with Gasteiger partial charge in [-0.1, -0.05) is 108 Å². The lowest BCUT2D eigenvalue weighted by Crippen LogP contribution is -2.70. The molecule has 1 heterocycles. The second kappa shape index (κ2) is 28.3. The molecule has 1 aliphatic heterocycles. The van der Waals surface area contributed by atoms with E-state index < -0.39 is 23.8 Å². The van der Waals surface area contributed by atoms with Crippen LogP contribution in [0.3, 0.4) is 0 Å². The van der Waals surface area contributed by atoms with Crippen molar-refractivity contribution in [1.29, 1.82) is 0 Å². The monoisotopic (exact) mass is 855 g/mol. The van der Waals surface area contributed by atoms with Gasteiger partial charge < -0.3 is 43.8 Å². The molecule has 3 aliphatic rings. The number of aliphatic hydroxyl groups is 3. The predicted molar refractivity (Wildman–Crippen MR) is 240 cm³/mol. The Labute approximate surface area is 366 Å². The second-order valence-electron chi connectivity index (χ2n) is 16.6. The molecule has 12 heteroatoms. The summed E-state index contributed by atoms with van der Waals surface area (Å²) < 4.78 is 32.3. The lowest BCUT2D eigenvalue weighted by atomic mass is 9.55. The molecule has 0 radical (unpaired) electrons. The number of carbonyl (C=O) groups is 1. The van der Waals surface area contributed by atoms with E-state index in [4.69, 9.17) is 33.7 Å². The molecule has 1 aromatic rings.